The maximum atomic E-state index is 11.4. The van der Waals surface area contributed by atoms with Gasteiger partial charge in [0.25, 0.3) is 0 Å². The van der Waals surface area contributed by atoms with Crippen molar-refractivity contribution in [3.05, 3.63) is 24.3 Å². The molecule has 0 aromatic heterocycles. The number of nitrogen functional groups attached to an aromatic ring is 1. The fraction of sp³-hybridized carbons (Fsp3) is 0.300. The molecule has 0 radical (unpaired) electrons. The first-order valence-corrected chi connectivity index (χ1v) is 4.51. The van der Waals surface area contributed by atoms with Crippen LogP contribution in [0.2, 0.25) is 0 Å². The number of benzene rings is 1. The average molecular weight is 230 g/mol. The van der Waals surface area contributed by atoms with Crippen LogP contribution in [0.3, 0.4) is 0 Å². The molecule has 0 aliphatic carbocycles. The highest BCUT2D eigenvalue weighted by atomic mass is 35.5. The Kier molecular flexibility index (Phi) is 5.56. The van der Waals surface area contributed by atoms with E-state index in [1.807, 2.05) is 6.92 Å². The summed E-state index contributed by atoms with van der Waals surface area (Å²) in [7, 11) is 1.74. The average Bonchev–Trinajstić information content (AvgIpc) is 2.20. The van der Waals surface area contributed by atoms with Gasteiger partial charge in [0.15, 0.2) is 0 Å². The number of hydrogen-bond acceptors (Lipinski definition) is 2. The molecule has 0 unspecified atom stereocenters. The number of carbonyl (C=O) groups is 1. The summed E-state index contributed by atoms with van der Waals surface area (Å²) in [4.78, 5) is 13.0. The summed E-state index contributed by atoms with van der Waals surface area (Å²) < 4.78 is 0. The van der Waals surface area contributed by atoms with Gasteiger partial charge in [-0.15, -0.1) is 12.4 Å². The number of anilines is 2. The molecule has 0 aliphatic heterocycles. The molecule has 0 heterocycles. The summed E-state index contributed by atoms with van der Waals surface area (Å²) in [5, 5.41) is 2.75. The molecular weight excluding hydrogens is 214 g/mol. The quantitative estimate of drug-likeness (QED) is 0.764. The zero-order chi connectivity index (χ0) is 10.6. The molecule has 0 bridgehead atoms. The number of urea groups is 1. The predicted molar refractivity (Wildman–Crippen MR) is 65.4 cm³/mol. The molecule has 0 spiro atoms. The number of carbonyl (C=O) groups excluding carboxylic acids is 1. The Morgan fingerprint density at radius 3 is 2.40 bits per heavy atom. The van der Waals surface area contributed by atoms with Crippen molar-refractivity contribution >= 4 is 29.8 Å². The van der Waals surface area contributed by atoms with E-state index in [0.717, 1.165) is 5.69 Å². The van der Waals surface area contributed by atoms with E-state index < -0.39 is 0 Å². The molecule has 1 aromatic carbocycles. The highest BCUT2D eigenvalue weighted by Crippen LogP contribution is 2.10. The number of nitrogens with two attached hydrogens (primary N) is 1. The summed E-state index contributed by atoms with van der Waals surface area (Å²) in [5.74, 6) is 0. The molecule has 15 heavy (non-hydrogen) atoms. The van der Waals surface area contributed by atoms with Crippen LogP contribution in [0.15, 0.2) is 24.3 Å². The molecule has 3 N–H and O–H groups in total. The minimum absolute atomic E-state index is 0. The fourth-order valence-electron chi connectivity index (χ4n) is 0.929. The van der Waals surface area contributed by atoms with Gasteiger partial charge in [-0.05, 0) is 31.2 Å². The lowest BCUT2D eigenvalue weighted by Gasteiger charge is -2.15. The molecule has 5 heteroatoms. The van der Waals surface area contributed by atoms with Crippen molar-refractivity contribution in [1.82, 2.24) is 4.90 Å². The first-order valence-electron chi connectivity index (χ1n) is 4.51. The second kappa shape index (κ2) is 6.14. The molecule has 84 valence electrons. The first-order chi connectivity index (χ1) is 6.63. The second-order valence-corrected chi connectivity index (χ2v) is 3.07. The lowest BCUT2D eigenvalue weighted by molar-refractivity contribution is 0.224. The summed E-state index contributed by atoms with van der Waals surface area (Å²) in [6, 6.07) is 6.94. The fourth-order valence-corrected chi connectivity index (χ4v) is 0.929. The highest BCUT2D eigenvalue weighted by Gasteiger charge is 2.05. The van der Waals surface area contributed by atoms with Crippen LogP contribution in [0.4, 0.5) is 16.2 Å². The first kappa shape index (κ1) is 13.6. The number of hydrogen-bond donors (Lipinski definition) is 2. The maximum Gasteiger partial charge on any atom is 0.321 e. The van der Waals surface area contributed by atoms with E-state index >= 15 is 0 Å². The van der Waals surface area contributed by atoms with Gasteiger partial charge in [0.05, 0.1) is 0 Å². The van der Waals surface area contributed by atoms with Crippen LogP contribution in [-0.2, 0) is 0 Å². The summed E-state index contributed by atoms with van der Waals surface area (Å²) in [6.07, 6.45) is 0. The van der Waals surface area contributed by atoms with Crippen molar-refractivity contribution in [1.29, 1.82) is 0 Å². The monoisotopic (exact) mass is 229 g/mol. The van der Waals surface area contributed by atoms with Gasteiger partial charge in [-0.3, -0.25) is 0 Å². The van der Waals surface area contributed by atoms with Gasteiger partial charge >= 0.3 is 6.03 Å². The van der Waals surface area contributed by atoms with E-state index in [1.54, 1.807) is 36.2 Å². The third-order valence-electron chi connectivity index (χ3n) is 1.98. The van der Waals surface area contributed by atoms with Crippen molar-refractivity contribution in [3.63, 3.8) is 0 Å². The summed E-state index contributed by atoms with van der Waals surface area (Å²) >= 11 is 0. The van der Waals surface area contributed by atoms with Gasteiger partial charge < -0.3 is 16.0 Å². The molecule has 0 atom stereocenters. The topological polar surface area (TPSA) is 58.4 Å². The Morgan fingerprint density at radius 1 is 1.40 bits per heavy atom. The third-order valence-corrected chi connectivity index (χ3v) is 1.98. The van der Waals surface area contributed by atoms with E-state index in [0.29, 0.717) is 12.2 Å². The van der Waals surface area contributed by atoms with Crippen LogP contribution in [-0.4, -0.2) is 24.5 Å². The van der Waals surface area contributed by atoms with Crippen molar-refractivity contribution in [2.45, 2.75) is 6.92 Å². The molecule has 4 nitrogen and oxygen atoms in total. The van der Waals surface area contributed by atoms with E-state index in [2.05, 4.69) is 5.32 Å². The number of amides is 2. The zero-order valence-corrected chi connectivity index (χ0v) is 9.67. The Labute approximate surface area is 95.9 Å². The van der Waals surface area contributed by atoms with Crippen LogP contribution < -0.4 is 11.1 Å². The van der Waals surface area contributed by atoms with E-state index in [4.69, 9.17) is 5.73 Å². The molecule has 0 aliphatic rings. The Bertz CT molecular complexity index is 313. The van der Waals surface area contributed by atoms with Crippen LogP contribution >= 0.6 is 12.4 Å². The Balaban J connectivity index is 0.00000196. The molecule has 1 rings (SSSR count). The van der Waals surface area contributed by atoms with Crippen molar-refractivity contribution in [2.24, 2.45) is 0 Å². The van der Waals surface area contributed by atoms with Crippen LogP contribution in [0, 0.1) is 0 Å². The largest absolute Gasteiger partial charge is 0.399 e. The third kappa shape index (κ3) is 4.08. The normalized spacial score (nSPS) is 8.93. The summed E-state index contributed by atoms with van der Waals surface area (Å²) in [6.45, 7) is 2.60. The van der Waals surface area contributed by atoms with Crippen molar-refractivity contribution in [2.75, 3.05) is 24.6 Å². The summed E-state index contributed by atoms with van der Waals surface area (Å²) in [5.41, 5.74) is 6.96. The number of nitrogens with zero attached hydrogens (tertiary/aromatic N) is 1. The van der Waals surface area contributed by atoms with Crippen LogP contribution in [0.1, 0.15) is 6.92 Å². The minimum atomic E-state index is -0.114. The molecule has 1 aromatic rings. The second-order valence-electron chi connectivity index (χ2n) is 3.07. The van der Waals surface area contributed by atoms with Crippen LogP contribution in [0.25, 0.3) is 0 Å². The molecular formula is C10H16ClN3O. The standard InChI is InChI=1S/C10H15N3O.ClH/c1-3-13(2)10(14)12-9-6-4-8(11)5-7-9;/h4-7H,3,11H2,1-2H3,(H,12,14);1H. The maximum absolute atomic E-state index is 11.4. The van der Waals surface area contributed by atoms with Gasteiger partial charge in [-0.2, -0.15) is 0 Å². The van der Waals surface area contributed by atoms with Gasteiger partial charge in [0, 0.05) is 25.0 Å². The van der Waals surface area contributed by atoms with Gasteiger partial charge in [0.1, 0.15) is 0 Å². The molecule has 0 saturated carbocycles. The minimum Gasteiger partial charge on any atom is -0.399 e. The lowest BCUT2D eigenvalue weighted by atomic mass is 10.3. The van der Waals surface area contributed by atoms with Gasteiger partial charge in [-0.1, -0.05) is 0 Å². The lowest BCUT2D eigenvalue weighted by Crippen LogP contribution is -2.30. The van der Waals surface area contributed by atoms with E-state index in [1.165, 1.54) is 0 Å². The molecule has 0 fully saturated rings. The number of halogens is 1. The van der Waals surface area contributed by atoms with Crippen molar-refractivity contribution < 1.29 is 4.79 Å². The van der Waals surface area contributed by atoms with Crippen molar-refractivity contribution in [3.8, 4) is 0 Å². The smallest absolute Gasteiger partial charge is 0.321 e. The Morgan fingerprint density at radius 2 is 1.93 bits per heavy atom. The van der Waals surface area contributed by atoms with Crippen LogP contribution in [0.5, 0.6) is 0 Å². The molecule has 0 saturated heterocycles. The SMILES string of the molecule is CCN(C)C(=O)Nc1ccc(N)cc1.Cl. The van der Waals surface area contributed by atoms with E-state index in [9.17, 15) is 4.79 Å². The van der Waals surface area contributed by atoms with Gasteiger partial charge in [0.2, 0.25) is 0 Å². The predicted octanol–water partition coefficient (Wildman–Crippen LogP) is 2.17. The number of nitrogens with one attached hydrogen (secondary N) is 1. The molecule has 2 amide bonds. The van der Waals surface area contributed by atoms with E-state index in [-0.39, 0.29) is 18.4 Å². The zero-order valence-electron chi connectivity index (χ0n) is 8.86. The highest BCUT2D eigenvalue weighted by molar-refractivity contribution is 5.89. The Hall–Kier alpha value is -1.42. The number of rotatable bonds is 2. The van der Waals surface area contributed by atoms with Gasteiger partial charge in [-0.25, -0.2) is 4.79 Å².